The standard InChI is InChI=1S/C23H41NO/c1-16(2)24-15-23(25)14-11-20-18-9-8-17-7-5-6-12-21(17,3)19(18)10-13-22(20,23)4/h16-20,24-25H,5-15H2,1-4H3/p+1. The van der Waals surface area contributed by atoms with Crippen LogP contribution in [0.4, 0.5) is 0 Å². The van der Waals surface area contributed by atoms with E-state index in [4.69, 9.17) is 0 Å². The predicted molar refractivity (Wildman–Crippen MR) is 103 cm³/mol. The molecule has 0 saturated heterocycles. The van der Waals surface area contributed by atoms with E-state index in [9.17, 15) is 5.11 Å². The minimum absolute atomic E-state index is 0.164. The van der Waals surface area contributed by atoms with Crippen LogP contribution in [0.5, 0.6) is 0 Å². The van der Waals surface area contributed by atoms with Gasteiger partial charge in [-0.2, -0.15) is 0 Å². The van der Waals surface area contributed by atoms with Crippen molar-refractivity contribution < 1.29 is 10.4 Å². The fraction of sp³-hybridized carbons (Fsp3) is 1.00. The SMILES string of the molecule is CC(C)[NH2+]CC1(O)CCC2C3CCC4CCCCC4(C)C3CCC21C. The Bertz CT molecular complexity index is 504. The summed E-state index contributed by atoms with van der Waals surface area (Å²) in [5, 5.41) is 14.0. The zero-order valence-corrected chi connectivity index (χ0v) is 17.2. The molecular formula is C23H42NO+. The Morgan fingerprint density at radius 2 is 1.68 bits per heavy atom. The minimum Gasteiger partial charge on any atom is -0.383 e. The van der Waals surface area contributed by atoms with E-state index >= 15 is 0 Å². The highest BCUT2D eigenvalue weighted by Crippen LogP contribution is 2.68. The molecule has 0 aromatic heterocycles. The van der Waals surface area contributed by atoms with Crippen molar-refractivity contribution in [2.24, 2.45) is 34.5 Å². The summed E-state index contributed by atoms with van der Waals surface area (Å²) >= 11 is 0. The molecule has 7 unspecified atom stereocenters. The first-order valence-corrected chi connectivity index (χ1v) is 11.4. The molecule has 4 rings (SSSR count). The largest absolute Gasteiger partial charge is 0.383 e. The number of rotatable bonds is 3. The molecule has 25 heavy (non-hydrogen) atoms. The van der Waals surface area contributed by atoms with Gasteiger partial charge in [0, 0.05) is 5.41 Å². The van der Waals surface area contributed by atoms with Crippen LogP contribution in [0.2, 0.25) is 0 Å². The minimum atomic E-state index is -0.433. The van der Waals surface area contributed by atoms with Crippen molar-refractivity contribution in [3.05, 3.63) is 0 Å². The second-order valence-electron chi connectivity index (χ2n) is 11.1. The lowest BCUT2D eigenvalue weighted by molar-refractivity contribution is -0.696. The van der Waals surface area contributed by atoms with Crippen molar-refractivity contribution in [1.29, 1.82) is 0 Å². The third-order valence-corrected chi connectivity index (χ3v) is 9.83. The van der Waals surface area contributed by atoms with Gasteiger partial charge in [0.2, 0.25) is 0 Å². The summed E-state index contributed by atoms with van der Waals surface area (Å²) in [5.74, 6) is 3.62. The lowest BCUT2D eigenvalue weighted by Crippen LogP contribution is -2.92. The highest BCUT2D eigenvalue weighted by atomic mass is 16.3. The lowest BCUT2D eigenvalue weighted by Gasteiger charge is -2.61. The second kappa shape index (κ2) is 6.23. The molecular weight excluding hydrogens is 306 g/mol. The monoisotopic (exact) mass is 348 g/mol. The van der Waals surface area contributed by atoms with Gasteiger partial charge in [0.15, 0.2) is 0 Å². The van der Waals surface area contributed by atoms with Crippen LogP contribution >= 0.6 is 0 Å². The Kier molecular flexibility index (Phi) is 4.56. The van der Waals surface area contributed by atoms with Gasteiger partial charge in [-0.05, 0) is 94.3 Å². The molecule has 0 spiro atoms. The number of fused-ring (bicyclic) bond motifs is 5. The molecule has 2 nitrogen and oxygen atoms in total. The Morgan fingerprint density at radius 3 is 2.44 bits per heavy atom. The maximum absolute atomic E-state index is 11.7. The second-order valence-corrected chi connectivity index (χ2v) is 11.1. The van der Waals surface area contributed by atoms with Crippen LogP contribution < -0.4 is 5.32 Å². The Hall–Kier alpha value is -0.0800. The lowest BCUT2D eigenvalue weighted by atomic mass is 9.44. The van der Waals surface area contributed by atoms with Crippen molar-refractivity contribution in [2.45, 2.75) is 104 Å². The summed E-state index contributed by atoms with van der Waals surface area (Å²) in [5.41, 5.74) is 0.349. The van der Waals surface area contributed by atoms with Gasteiger partial charge in [-0.15, -0.1) is 0 Å². The van der Waals surface area contributed by atoms with Crippen LogP contribution in [0.3, 0.4) is 0 Å². The normalized spacial score (nSPS) is 52.6. The fourth-order valence-electron chi connectivity index (χ4n) is 8.17. The Labute approximate surface area is 155 Å². The van der Waals surface area contributed by atoms with Crippen LogP contribution in [0.25, 0.3) is 0 Å². The number of nitrogens with two attached hydrogens (primary N) is 1. The van der Waals surface area contributed by atoms with Crippen LogP contribution in [0.1, 0.15) is 91.9 Å². The first kappa shape index (κ1) is 18.3. The van der Waals surface area contributed by atoms with Crippen molar-refractivity contribution >= 4 is 0 Å². The molecule has 4 saturated carbocycles. The summed E-state index contributed by atoms with van der Waals surface area (Å²) in [6.45, 7) is 10.5. The molecule has 0 radical (unpaired) electrons. The number of aliphatic hydroxyl groups is 1. The maximum Gasteiger partial charge on any atom is 0.119 e. The molecule has 0 aromatic carbocycles. The van der Waals surface area contributed by atoms with E-state index in [-0.39, 0.29) is 5.41 Å². The Balaban J connectivity index is 1.57. The molecule has 4 aliphatic rings. The smallest absolute Gasteiger partial charge is 0.119 e. The van der Waals surface area contributed by atoms with E-state index in [1.807, 2.05) is 0 Å². The van der Waals surface area contributed by atoms with E-state index < -0.39 is 5.60 Å². The average molecular weight is 349 g/mol. The van der Waals surface area contributed by atoms with Crippen LogP contribution in [0.15, 0.2) is 0 Å². The van der Waals surface area contributed by atoms with E-state index in [0.717, 1.165) is 36.6 Å². The number of hydrogen-bond donors (Lipinski definition) is 2. The van der Waals surface area contributed by atoms with E-state index in [1.54, 1.807) is 0 Å². The zero-order chi connectivity index (χ0) is 17.9. The van der Waals surface area contributed by atoms with Crippen LogP contribution in [-0.4, -0.2) is 23.3 Å². The highest BCUT2D eigenvalue weighted by molar-refractivity contribution is 5.13. The summed E-state index contributed by atoms with van der Waals surface area (Å²) in [6.07, 6.45) is 13.8. The summed E-state index contributed by atoms with van der Waals surface area (Å²) in [7, 11) is 0. The molecule has 0 bridgehead atoms. The molecule has 4 aliphatic carbocycles. The quantitative estimate of drug-likeness (QED) is 0.791. The van der Waals surface area contributed by atoms with Gasteiger partial charge in [0.1, 0.15) is 12.1 Å². The molecule has 144 valence electrons. The molecule has 0 heterocycles. The topological polar surface area (TPSA) is 36.8 Å². The van der Waals surface area contributed by atoms with E-state index in [2.05, 4.69) is 33.0 Å². The van der Waals surface area contributed by atoms with Gasteiger partial charge >= 0.3 is 0 Å². The summed E-state index contributed by atoms with van der Waals surface area (Å²) in [6, 6.07) is 0.583. The third-order valence-electron chi connectivity index (χ3n) is 9.83. The van der Waals surface area contributed by atoms with Gasteiger partial charge in [-0.1, -0.05) is 26.7 Å². The van der Waals surface area contributed by atoms with Gasteiger partial charge < -0.3 is 10.4 Å². The van der Waals surface area contributed by atoms with Crippen molar-refractivity contribution in [3.8, 4) is 0 Å². The van der Waals surface area contributed by atoms with Crippen molar-refractivity contribution in [1.82, 2.24) is 0 Å². The fourth-order valence-corrected chi connectivity index (χ4v) is 8.17. The molecule has 0 aromatic rings. The van der Waals surface area contributed by atoms with E-state index in [0.29, 0.717) is 11.5 Å². The average Bonchev–Trinajstić information content (AvgIpc) is 2.84. The maximum atomic E-state index is 11.7. The van der Waals surface area contributed by atoms with Crippen LogP contribution in [-0.2, 0) is 0 Å². The van der Waals surface area contributed by atoms with E-state index in [1.165, 1.54) is 57.8 Å². The molecule has 0 aliphatic heterocycles. The first-order valence-electron chi connectivity index (χ1n) is 11.4. The van der Waals surface area contributed by atoms with Crippen molar-refractivity contribution in [2.75, 3.05) is 6.54 Å². The van der Waals surface area contributed by atoms with Gasteiger partial charge in [0.25, 0.3) is 0 Å². The highest BCUT2D eigenvalue weighted by Gasteiger charge is 2.64. The first-order chi connectivity index (χ1) is 11.8. The molecule has 3 N–H and O–H groups in total. The molecule has 4 fully saturated rings. The predicted octanol–water partition coefficient (Wildman–Crippen LogP) is 4.12. The number of hydrogen-bond acceptors (Lipinski definition) is 1. The van der Waals surface area contributed by atoms with Crippen LogP contribution in [0, 0.1) is 34.5 Å². The van der Waals surface area contributed by atoms with Gasteiger partial charge in [0.05, 0.1) is 6.04 Å². The Morgan fingerprint density at radius 1 is 0.920 bits per heavy atom. The molecule has 7 atom stereocenters. The van der Waals surface area contributed by atoms with Crippen molar-refractivity contribution in [3.63, 3.8) is 0 Å². The zero-order valence-electron chi connectivity index (χ0n) is 17.2. The third kappa shape index (κ3) is 2.64. The molecule has 0 amide bonds. The van der Waals surface area contributed by atoms with Gasteiger partial charge in [-0.25, -0.2) is 0 Å². The summed E-state index contributed by atoms with van der Waals surface area (Å²) < 4.78 is 0. The molecule has 2 heteroatoms. The number of quaternary nitrogens is 1. The van der Waals surface area contributed by atoms with Gasteiger partial charge in [-0.3, -0.25) is 0 Å². The summed E-state index contributed by atoms with van der Waals surface area (Å²) in [4.78, 5) is 0.